The largest absolute Gasteiger partial charge is 0.363 e. The van der Waals surface area contributed by atoms with Gasteiger partial charge in [-0.15, -0.1) is 11.3 Å². The molecule has 2 heterocycles. The average Bonchev–Trinajstić information content (AvgIpc) is 3.36. The van der Waals surface area contributed by atoms with E-state index in [4.69, 9.17) is 11.6 Å². The fourth-order valence-corrected chi connectivity index (χ4v) is 5.13. The standard InChI is InChI=1S/C24H24ClN3S/c1-18-10-12-29-24(18)17-27-11-9-22(16-27)28(15-19-5-3-2-4-6-19)21-8-7-20(14-26)23(25)13-21/h2-8,10,12-13,22H,9,11,15-17H2,1H3/t22-/m0/s1. The first-order valence-corrected chi connectivity index (χ1v) is 11.2. The number of aryl methyl sites for hydroxylation is 1. The molecule has 29 heavy (non-hydrogen) atoms. The van der Waals surface area contributed by atoms with Crippen molar-refractivity contribution in [3.63, 3.8) is 0 Å². The Hall–Kier alpha value is -2.32. The molecule has 0 unspecified atom stereocenters. The van der Waals surface area contributed by atoms with Crippen molar-refractivity contribution < 1.29 is 0 Å². The monoisotopic (exact) mass is 421 g/mol. The number of nitriles is 1. The number of benzene rings is 2. The van der Waals surface area contributed by atoms with Gasteiger partial charge in [-0.25, -0.2) is 0 Å². The molecule has 1 fully saturated rings. The van der Waals surface area contributed by atoms with E-state index >= 15 is 0 Å². The molecule has 3 aromatic rings. The molecule has 0 saturated carbocycles. The predicted octanol–water partition coefficient (Wildman–Crippen LogP) is 5.86. The molecule has 1 aromatic heterocycles. The predicted molar refractivity (Wildman–Crippen MR) is 122 cm³/mol. The maximum Gasteiger partial charge on any atom is 0.101 e. The van der Waals surface area contributed by atoms with Gasteiger partial charge in [-0.1, -0.05) is 41.9 Å². The minimum absolute atomic E-state index is 0.416. The van der Waals surface area contributed by atoms with Crippen LogP contribution in [-0.2, 0) is 13.1 Å². The van der Waals surface area contributed by atoms with Gasteiger partial charge < -0.3 is 4.90 Å². The van der Waals surface area contributed by atoms with Gasteiger partial charge in [0.05, 0.1) is 10.6 Å². The van der Waals surface area contributed by atoms with Crippen LogP contribution in [0.4, 0.5) is 5.69 Å². The lowest BCUT2D eigenvalue weighted by Crippen LogP contribution is -2.37. The molecule has 1 aliphatic rings. The molecule has 2 aromatic carbocycles. The minimum atomic E-state index is 0.416. The number of hydrogen-bond donors (Lipinski definition) is 0. The van der Waals surface area contributed by atoms with Gasteiger partial charge in [0.2, 0.25) is 0 Å². The van der Waals surface area contributed by atoms with E-state index in [1.54, 1.807) is 0 Å². The fraction of sp³-hybridized carbons (Fsp3) is 0.292. The van der Waals surface area contributed by atoms with Gasteiger partial charge in [-0.05, 0) is 54.1 Å². The molecule has 0 aliphatic carbocycles. The van der Waals surface area contributed by atoms with Crippen LogP contribution < -0.4 is 4.90 Å². The second-order valence-electron chi connectivity index (χ2n) is 7.59. The van der Waals surface area contributed by atoms with E-state index in [-0.39, 0.29) is 0 Å². The molecular formula is C24H24ClN3S. The number of rotatable bonds is 6. The first-order chi connectivity index (χ1) is 14.1. The summed E-state index contributed by atoms with van der Waals surface area (Å²) in [7, 11) is 0. The Bertz CT molecular complexity index is 1010. The topological polar surface area (TPSA) is 30.3 Å². The summed E-state index contributed by atoms with van der Waals surface area (Å²) in [4.78, 5) is 6.46. The van der Waals surface area contributed by atoms with Gasteiger partial charge in [0.15, 0.2) is 0 Å². The van der Waals surface area contributed by atoms with Crippen molar-refractivity contribution in [1.29, 1.82) is 5.26 Å². The summed E-state index contributed by atoms with van der Waals surface area (Å²) in [5.74, 6) is 0. The van der Waals surface area contributed by atoms with Crippen LogP contribution in [0.5, 0.6) is 0 Å². The number of thiophene rings is 1. The number of anilines is 1. The fourth-order valence-electron chi connectivity index (χ4n) is 3.96. The van der Waals surface area contributed by atoms with Gasteiger partial charge >= 0.3 is 0 Å². The van der Waals surface area contributed by atoms with Crippen molar-refractivity contribution in [2.75, 3.05) is 18.0 Å². The Morgan fingerprint density at radius 3 is 2.72 bits per heavy atom. The van der Waals surface area contributed by atoms with Gasteiger partial charge in [-0.2, -0.15) is 5.26 Å². The first kappa shape index (κ1) is 20.0. The molecule has 0 N–H and O–H groups in total. The summed E-state index contributed by atoms with van der Waals surface area (Å²) in [6.45, 7) is 6.17. The van der Waals surface area contributed by atoms with Crippen molar-refractivity contribution in [2.24, 2.45) is 0 Å². The molecule has 1 aliphatic heterocycles. The number of halogens is 1. The van der Waals surface area contributed by atoms with Crippen molar-refractivity contribution >= 4 is 28.6 Å². The first-order valence-electron chi connectivity index (χ1n) is 9.89. The summed E-state index contributed by atoms with van der Waals surface area (Å²) in [5.41, 5.74) is 4.27. The molecule has 148 valence electrons. The van der Waals surface area contributed by atoms with E-state index in [0.29, 0.717) is 16.6 Å². The second kappa shape index (κ2) is 9.00. The summed E-state index contributed by atoms with van der Waals surface area (Å²) in [5, 5.41) is 11.9. The molecule has 0 amide bonds. The van der Waals surface area contributed by atoms with Crippen LogP contribution in [0.1, 0.15) is 28.0 Å². The highest BCUT2D eigenvalue weighted by atomic mass is 35.5. The third-order valence-electron chi connectivity index (χ3n) is 5.62. The van der Waals surface area contributed by atoms with E-state index < -0.39 is 0 Å². The Kier molecular flexibility index (Phi) is 6.20. The van der Waals surface area contributed by atoms with E-state index in [2.05, 4.69) is 58.5 Å². The van der Waals surface area contributed by atoms with Crippen molar-refractivity contribution in [1.82, 2.24) is 4.90 Å². The number of hydrogen-bond acceptors (Lipinski definition) is 4. The van der Waals surface area contributed by atoms with Crippen LogP contribution >= 0.6 is 22.9 Å². The maximum atomic E-state index is 9.22. The van der Waals surface area contributed by atoms with E-state index in [0.717, 1.165) is 38.3 Å². The quantitative estimate of drug-likeness (QED) is 0.499. The Labute approximate surface area is 181 Å². The van der Waals surface area contributed by atoms with Crippen molar-refractivity contribution in [2.45, 2.75) is 32.5 Å². The summed E-state index contributed by atoms with van der Waals surface area (Å²) in [6, 6.07) is 21.1. The van der Waals surface area contributed by atoms with Crippen molar-refractivity contribution in [3.05, 3.63) is 86.6 Å². The Balaban J connectivity index is 1.56. The van der Waals surface area contributed by atoms with Gasteiger partial charge in [-0.3, -0.25) is 4.90 Å². The Morgan fingerprint density at radius 2 is 2.03 bits per heavy atom. The molecule has 3 nitrogen and oxygen atoms in total. The number of nitrogens with zero attached hydrogens (tertiary/aromatic N) is 3. The van der Waals surface area contributed by atoms with Crippen LogP contribution in [0.15, 0.2) is 60.0 Å². The zero-order chi connectivity index (χ0) is 20.2. The highest BCUT2D eigenvalue weighted by molar-refractivity contribution is 7.10. The van der Waals surface area contributed by atoms with Crippen LogP contribution in [0, 0.1) is 18.3 Å². The van der Waals surface area contributed by atoms with Crippen LogP contribution in [0.3, 0.4) is 0 Å². The molecule has 0 radical (unpaired) electrons. The molecular weight excluding hydrogens is 398 g/mol. The van der Waals surface area contributed by atoms with Crippen LogP contribution in [0.25, 0.3) is 0 Å². The summed E-state index contributed by atoms with van der Waals surface area (Å²) >= 11 is 8.21. The van der Waals surface area contributed by atoms with E-state index in [1.807, 2.05) is 35.6 Å². The van der Waals surface area contributed by atoms with E-state index in [9.17, 15) is 5.26 Å². The highest BCUT2D eigenvalue weighted by Crippen LogP contribution is 2.30. The lowest BCUT2D eigenvalue weighted by atomic mass is 10.1. The minimum Gasteiger partial charge on any atom is -0.363 e. The van der Waals surface area contributed by atoms with Crippen molar-refractivity contribution in [3.8, 4) is 6.07 Å². The lowest BCUT2D eigenvalue weighted by molar-refractivity contribution is 0.327. The summed E-state index contributed by atoms with van der Waals surface area (Å²) in [6.07, 6.45) is 1.12. The van der Waals surface area contributed by atoms with Crippen LogP contribution in [0.2, 0.25) is 5.02 Å². The third kappa shape index (κ3) is 4.64. The molecule has 5 heteroatoms. The maximum absolute atomic E-state index is 9.22. The van der Waals surface area contributed by atoms with Gasteiger partial charge in [0.25, 0.3) is 0 Å². The SMILES string of the molecule is Cc1ccsc1CN1CC[C@H](N(Cc2ccccc2)c2ccc(C#N)c(Cl)c2)C1. The smallest absolute Gasteiger partial charge is 0.101 e. The van der Waals surface area contributed by atoms with Crippen LogP contribution in [-0.4, -0.2) is 24.0 Å². The molecule has 0 spiro atoms. The average molecular weight is 422 g/mol. The zero-order valence-electron chi connectivity index (χ0n) is 16.5. The normalized spacial score (nSPS) is 16.7. The highest BCUT2D eigenvalue weighted by Gasteiger charge is 2.29. The second-order valence-corrected chi connectivity index (χ2v) is 9.00. The van der Waals surface area contributed by atoms with E-state index in [1.165, 1.54) is 16.0 Å². The number of likely N-dealkylation sites (tertiary alicyclic amines) is 1. The lowest BCUT2D eigenvalue weighted by Gasteiger charge is -2.32. The molecule has 1 atom stereocenters. The van der Waals surface area contributed by atoms with Gasteiger partial charge in [0.1, 0.15) is 6.07 Å². The molecule has 4 rings (SSSR count). The Morgan fingerprint density at radius 1 is 1.21 bits per heavy atom. The molecule has 1 saturated heterocycles. The summed E-state index contributed by atoms with van der Waals surface area (Å²) < 4.78 is 0. The third-order valence-corrected chi connectivity index (χ3v) is 6.94. The zero-order valence-corrected chi connectivity index (χ0v) is 18.1. The molecule has 0 bridgehead atoms. The van der Waals surface area contributed by atoms with Gasteiger partial charge in [0, 0.05) is 42.8 Å².